The predicted octanol–water partition coefficient (Wildman–Crippen LogP) is 0.802. The summed E-state index contributed by atoms with van der Waals surface area (Å²) in [6.07, 6.45) is 2.36. The molecule has 1 rings (SSSR count). The normalized spacial score (nSPS) is 21.8. The number of nitriles is 1. The van der Waals surface area contributed by atoms with Crippen molar-refractivity contribution in [3.8, 4) is 6.07 Å². The van der Waals surface area contributed by atoms with Crippen LogP contribution in [0.5, 0.6) is 0 Å². The quantitative estimate of drug-likeness (QED) is 0.650. The minimum absolute atomic E-state index is 0.229. The lowest BCUT2D eigenvalue weighted by molar-refractivity contribution is -0.123. The topological polar surface area (TPSA) is 66.9 Å². The molecule has 3 heteroatoms. The lowest BCUT2D eigenvalue weighted by Crippen LogP contribution is -2.29. The van der Waals surface area contributed by atoms with Crippen molar-refractivity contribution in [3.05, 3.63) is 0 Å². The van der Waals surface area contributed by atoms with Gasteiger partial charge in [-0.3, -0.25) is 4.79 Å². The van der Waals surface area contributed by atoms with Gasteiger partial charge < -0.3 is 5.73 Å². The standard InChI is InChI=1S/C8H12N2O/c1-2-6(7(10)11)8(5-9)3-4-8/h6H,2-4H2,1H3,(H2,10,11). The molecule has 1 amide bonds. The first-order valence-corrected chi connectivity index (χ1v) is 3.87. The summed E-state index contributed by atoms with van der Waals surface area (Å²) in [6, 6.07) is 2.18. The van der Waals surface area contributed by atoms with E-state index in [-0.39, 0.29) is 17.2 Å². The predicted molar refractivity (Wildman–Crippen MR) is 40.3 cm³/mol. The van der Waals surface area contributed by atoms with Gasteiger partial charge in [-0.2, -0.15) is 5.26 Å². The van der Waals surface area contributed by atoms with E-state index in [0.29, 0.717) is 6.42 Å². The van der Waals surface area contributed by atoms with Crippen molar-refractivity contribution in [2.45, 2.75) is 26.2 Å². The zero-order valence-electron chi connectivity index (χ0n) is 6.63. The molecule has 0 bridgehead atoms. The number of primary amides is 1. The molecule has 3 nitrogen and oxygen atoms in total. The molecule has 0 saturated heterocycles. The summed E-state index contributed by atoms with van der Waals surface area (Å²) in [5.41, 5.74) is 4.77. The van der Waals surface area contributed by atoms with Gasteiger partial charge in [-0.25, -0.2) is 0 Å². The Hall–Kier alpha value is -1.04. The molecule has 1 atom stereocenters. The highest BCUT2D eigenvalue weighted by molar-refractivity contribution is 5.78. The highest BCUT2D eigenvalue weighted by atomic mass is 16.1. The Balaban J connectivity index is 2.71. The monoisotopic (exact) mass is 152 g/mol. The molecule has 0 spiro atoms. The molecule has 1 aliphatic rings. The summed E-state index contributed by atoms with van der Waals surface area (Å²) in [7, 11) is 0. The number of hydrogen-bond donors (Lipinski definition) is 1. The Bertz CT molecular complexity index is 213. The Morgan fingerprint density at radius 3 is 2.45 bits per heavy atom. The van der Waals surface area contributed by atoms with E-state index in [9.17, 15) is 4.79 Å². The second-order valence-electron chi connectivity index (χ2n) is 3.13. The van der Waals surface area contributed by atoms with E-state index >= 15 is 0 Å². The zero-order valence-corrected chi connectivity index (χ0v) is 6.63. The molecule has 11 heavy (non-hydrogen) atoms. The van der Waals surface area contributed by atoms with Gasteiger partial charge in [-0.1, -0.05) is 6.92 Å². The van der Waals surface area contributed by atoms with Gasteiger partial charge in [-0.05, 0) is 19.3 Å². The van der Waals surface area contributed by atoms with Gasteiger partial charge in [0.25, 0.3) is 0 Å². The van der Waals surface area contributed by atoms with Crippen molar-refractivity contribution in [3.63, 3.8) is 0 Å². The van der Waals surface area contributed by atoms with E-state index in [1.807, 2.05) is 6.92 Å². The number of amides is 1. The molecule has 0 aromatic rings. The SMILES string of the molecule is CCC(C(N)=O)C1(C#N)CC1. The van der Waals surface area contributed by atoms with E-state index in [0.717, 1.165) is 12.8 Å². The van der Waals surface area contributed by atoms with Crippen LogP contribution in [0.4, 0.5) is 0 Å². The number of rotatable bonds is 3. The second kappa shape index (κ2) is 2.54. The maximum atomic E-state index is 10.8. The van der Waals surface area contributed by atoms with Crippen molar-refractivity contribution >= 4 is 5.91 Å². The van der Waals surface area contributed by atoms with Crippen LogP contribution in [-0.2, 0) is 4.79 Å². The summed E-state index contributed by atoms with van der Waals surface area (Å²) in [4.78, 5) is 10.8. The average molecular weight is 152 g/mol. The maximum Gasteiger partial charge on any atom is 0.222 e. The number of carbonyl (C=O) groups is 1. The molecule has 1 unspecified atom stereocenters. The van der Waals surface area contributed by atoms with Crippen LogP contribution >= 0.6 is 0 Å². The number of nitrogens with two attached hydrogens (primary N) is 1. The Labute approximate surface area is 66.2 Å². The first-order valence-electron chi connectivity index (χ1n) is 3.87. The first kappa shape index (κ1) is 8.06. The third-order valence-electron chi connectivity index (χ3n) is 2.43. The fourth-order valence-corrected chi connectivity index (χ4v) is 1.54. The number of hydrogen-bond acceptors (Lipinski definition) is 2. The second-order valence-corrected chi connectivity index (χ2v) is 3.13. The Morgan fingerprint density at radius 2 is 2.36 bits per heavy atom. The third-order valence-corrected chi connectivity index (χ3v) is 2.43. The van der Waals surface area contributed by atoms with Gasteiger partial charge in [0.2, 0.25) is 5.91 Å². The third kappa shape index (κ3) is 1.21. The van der Waals surface area contributed by atoms with Gasteiger partial charge >= 0.3 is 0 Å². The smallest absolute Gasteiger partial charge is 0.222 e. The van der Waals surface area contributed by atoms with Crippen LogP contribution in [0.25, 0.3) is 0 Å². The van der Waals surface area contributed by atoms with E-state index < -0.39 is 0 Å². The molecule has 1 saturated carbocycles. The number of carbonyl (C=O) groups excluding carboxylic acids is 1. The van der Waals surface area contributed by atoms with Crippen LogP contribution in [0.15, 0.2) is 0 Å². The first-order chi connectivity index (χ1) is 5.16. The summed E-state index contributed by atoms with van der Waals surface area (Å²) in [5, 5.41) is 8.75. The van der Waals surface area contributed by atoms with Crippen LogP contribution in [0, 0.1) is 22.7 Å². The van der Waals surface area contributed by atoms with Gasteiger partial charge in [0.05, 0.1) is 17.4 Å². The molecule has 0 radical (unpaired) electrons. The lowest BCUT2D eigenvalue weighted by Gasteiger charge is -2.14. The summed E-state index contributed by atoms with van der Waals surface area (Å²) < 4.78 is 0. The fourth-order valence-electron chi connectivity index (χ4n) is 1.54. The van der Waals surface area contributed by atoms with Crippen molar-refractivity contribution < 1.29 is 4.79 Å². The van der Waals surface area contributed by atoms with Crippen molar-refractivity contribution in [2.75, 3.05) is 0 Å². The van der Waals surface area contributed by atoms with Gasteiger partial charge in [0.15, 0.2) is 0 Å². The van der Waals surface area contributed by atoms with Crippen LogP contribution in [0.3, 0.4) is 0 Å². The van der Waals surface area contributed by atoms with Crippen LogP contribution in [-0.4, -0.2) is 5.91 Å². The van der Waals surface area contributed by atoms with Crippen LogP contribution in [0.1, 0.15) is 26.2 Å². The summed E-state index contributed by atoms with van der Waals surface area (Å²) >= 11 is 0. The summed E-state index contributed by atoms with van der Waals surface area (Å²) in [5.74, 6) is -0.556. The molecule has 2 N–H and O–H groups in total. The van der Waals surface area contributed by atoms with E-state index in [1.165, 1.54) is 0 Å². The Kier molecular flexibility index (Phi) is 1.86. The molecule has 1 fully saturated rings. The van der Waals surface area contributed by atoms with E-state index in [2.05, 4.69) is 6.07 Å². The highest BCUT2D eigenvalue weighted by Crippen LogP contribution is 2.52. The van der Waals surface area contributed by atoms with E-state index in [4.69, 9.17) is 11.0 Å². The highest BCUT2D eigenvalue weighted by Gasteiger charge is 2.51. The van der Waals surface area contributed by atoms with Crippen LogP contribution in [0.2, 0.25) is 0 Å². The van der Waals surface area contributed by atoms with Gasteiger partial charge in [-0.15, -0.1) is 0 Å². The van der Waals surface area contributed by atoms with Crippen LogP contribution < -0.4 is 5.73 Å². The molecule has 0 aromatic carbocycles. The minimum Gasteiger partial charge on any atom is -0.369 e. The van der Waals surface area contributed by atoms with Gasteiger partial charge in [0.1, 0.15) is 0 Å². The van der Waals surface area contributed by atoms with Crippen molar-refractivity contribution in [1.29, 1.82) is 5.26 Å². The average Bonchev–Trinajstić information content (AvgIpc) is 2.70. The Morgan fingerprint density at radius 1 is 1.82 bits per heavy atom. The number of nitrogens with zero attached hydrogens (tertiary/aromatic N) is 1. The maximum absolute atomic E-state index is 10.8. The molecule has 0 aromatic heterocycles. The zero-order chi connectivity index (χ0) is 8.48. The molecule has 60 valence electrons. The van der Waals surface area contributed by atoms with Gasteiger partial charge in [0, 0.05) is 0 Å². The molecular formula is C8H12N2O. The lowest BCUT2D eigenvalue weighted by atomic mass is 9.88. The fraction of sp³-hybridized carbons (Fsp3) is 0.750. The molecular weight excluding hydrogens is 140 g/mol. The van der Waals surface area contributed by atoms with Crippen molar-refractivity contribution in [2.24, 2.45) is 17.1 Å². The minimum atomic E-state index is -0.388. The molecule has 0 aliphatic heterocycles. The van der Waals surface area contributed by atoms with Crippen molar-refractivity contribution in [1.82, 2.24) is 0 Å². The largest absolute Gasteiger partial charge is 0.369 e. The van der Waals surface area contributed by atoms with E-state index in [1.54, 1.807) is 0 Å². The molecule has 1 aliphatic carbocycles. The summed E-state index contributed by atoms with van der Waals surface area (Å²) in [6.45, 7) is 1.90. The molecule has 0 heterocycles.